The maximum Gasteiger partial charge on any atom is 0.251 e. The van der Waals surface area contributed by atoms with Gasteiger partial charge >= 0.3 is 0 Å². The van der Waals surface area contributed by atoms with E-state index in [0.29, 0.717) is 5.56 Å². The van der Waals surface area contributed by atoms with E-state index >= 15 is 0 Å². The predicted molar refractivity (Wildman–Crippen MR) is 122 cm³/mol. The van der Waals surface area contributed by atoms with Gasteiger partial charge in [0, 0.05) is 11.6 Å². The van der Waals surface area contributed by atoms with Gasteiger partial charge in [0.15, 0.2) is 0 Å². The molecule has 0 spiro atoms. The van der Waals surface area contributed by atoms with Crippen LogP contribution in [0.15, 0.2) is 42.5 Å². The summed E-state index contributed by atoms with van der Waals surface area (Å²) in [5, 5.41) is 3.16. The van der Waals surface area contributed by atoms with Gasteiger partial charge in [0.25, 0.3) is 5.91 Å². The van der Waals surface area contributed by atoms with Crippen LogP contribution in [0.4, 0.5) is 5.69 Å². The minimum Gasteiger partial charge on any atom is -0.349 e. The van der Waals surface area contributed by atoms with E-state index in [-0.39, 0.29) is 18.5 Å². The highest BCUT2D eigenvalue weighted by Crippen LogP contribution is 2.28. The summed E-state index contributed by atoms with van der Waals surface area (Å²) in [7, 11) is -3.46. The zero-order chi connectivity index (χ0) is 21.7. The highest BCUT2D eigenvalue weighted by atomic mass is 32.2. The van der Waals surface area contributed by atoms with Gasteiger partial charge < -0.3 is 5.32 Å². The third kappa shape index (κ3) is 5.63. The number of carbonyl (C=O) groups excluding carboxylic acids is 1. The summed E-state index contributed by atoms with van der Waals surface area (Å²) in [6.07, 6.45) is 8.16. The summed E-state index contributed by atoms with van der Waals surface area (Å²) >= 11 is 0. The molecular formula is C24H32N2O3S. The number of carbonyl (C=O) groups is 1. The van der Waals surface area contributed by atoms with Crippen LogP contribution >= 0.6 is 0 Å². The Morgan fingerprint density at radius 2 is 1.53 bits per heavy atom. The molecule has 3 rings (SSSR count). The van der Waals surface area contributed by atoms with Gasteiger partial charge in [-0.1, -0.05) is 56.0 Å². The zero-order valence-electron chi connectivity index (χ0n) is 18.1. The molecule has 0 aromatic heterocycles. The molecule has 2 aromatic rings. The van der Waals surface area contributed by atoms with Gasteiger partial charge in [-0.2, -0.15) is 0 Å². The standard InChI is InChI=1S/C24H32N2O3S/c1-18-9-8-10-19(2)23(18)26(30(3,28)29)17-20-13-15-21(16-14-20)24(27)25-22-11-6-4-5-7-12-22/h8-10,13-16,22H,4-7,11-12,17H2,1-3H3,(H,25,27). The number of sulfonamides is 1. The van der Waals surface area contributed by atoms with Crippen molar-refractivity contribution in [3.05, 3.63) is 64.7 Å². The number of rotatable bonds is 6. The van der Waals surface area contributed by atoms with Gasteiger partial charge in [0.1, 0.15) is 0 Å². The molecule has 1 aliphatic rings. The third-order valence-electron chi connectivity index (χ3n) is 5.82. The van der Waals surface area contributed by atoms with E-state index in [0.717, 1.165) is 35.2 Å². The fraction of sp³-hybridized carbons (Fsp3) is 0.458. The van der Waals surface area contributed by atoms with Crippen molar-refractivity contribution in [2.45, 2.75) is 65.0 Å². The van der Waals surface area contributed by atoms with E-state index in [4.69, 9.17) is 0 Å². The molecule has 1 amide bonds. The Morgan fingerprint density at radius 1 is 0.967 bits per heavy atom. The van der Waals surface area contributed by atoms with Gasteiger partial charge in [-0.25, -0.2) is 8.42 Å². The Kier molecular flexibility index (Phi) is 7.19. The molecule has 0 heterocycles. The molecule has 0 atom stereocenters. The topological polar surface area (TPSA) is 66.5 Å². The molecule has 0 aliphatic heterocycles. The summed E-state index contributed by atoms with van der Waals surface area (Å²) in [5.74, 6) is -0.0526. The minimum atomic E-state index is -3.46. The Hall–Kier alpha value is -2.34. The van der Waals surface area contributed by atoms with Crippen molar-refractivity contribution in [2.75, 3.05) is 10.6 Å². The predicted octanol–water partition coefficient (Wildman–Crippen LogP) is 4.72. The molecule has 1 saturated carbocycles. The first kappa shape index (κ1) is 22.3. The number of benzene rings is 2. The Balaban J connectivity index is 1.75. The molecule has 6 heteroatoms. The summed E-state index contributed by atoms with van der Waals surface area (Å²) in [4.78, 5) is 12.6. The SMILES string of the molecule is Cc1cccc(C)c1N(Cc1ccc(C(=O)NC2CCCCCC2)cc1)S(C)(=O)=O. The number of nitrogens with one attached hydrogen (secondary N) is 1. The summed E-state index contributed by atoms with van der Waals surface area (Å²) in [6.45, 7) is 4.07. The zero-order valence-corrected chi connectivity index (χ0v) is 19.0. The molecular weight excluding hydrogens is 396 g/mol. The highest BCUT2D eigenvalue weighted by molar-refractivity contribution is 7.92. The molecule has 30 heavy (non-hydrogen) atoms. The van der Waals surface area contributed by atoms with Crippen molar-refractivity contribution in [3.8, 4) is 0 Å². The number of amides is 1. The number of hydrogen-bond acceptors (Lipinski definition) is 3. The smallest absolute Gasteiger partial charge is 0.251 e. The lowest BCUT2D eigenvalue weighted by Crippen LogP contribution is -2.34. The monoisotopic (exact) mass is 428 g/mol. The molecule has 0 bridgehead atoms. The van der Waals surface area contributed by atoms with Gasteiger partial charge in [-0.05, 0) is 55.5 Å². The quantitative estimate of drug-likeness (QED) is 0.677. The van der Waals surface area contributed by atoms with Crippen LogP contribution in [-0.4, -0.2) is 26.6 Å². The molecule has 1 aliphatic carbocycles. The summed E-state index contributed by atoms with van der Waals surface area (Å²) < 4.78 is 26.5. The van der Waals surface area contributed by atoms with Gasteiger partial charge in [-0.3, -0.25) is 9.10 Å². The molecule has 5 nitrogen and oxygen atoms in total. The van der Waals surface area contributed by atoms with Crippen molar-refractivity contribution >= 4 is 21.6 Å². The number of hydrogen-bond donors (Lipinski definition) is 1. The van der Waals surface area contributed by atoms with Crippen LogP contribution in [0, 0.1) is 13.8 Å². The molecule has 0 radical (unpaired) electrons. The number of nitrogens with zero attached hydrogens (tertiary/aromatic N) is 1. The Morgan fingerprint density at radius 3 is 2.07 bits per heavy atom. The van der Waals surface area contributed by atoms with Crippen LogP contribution < -0.4 is 9.62 Å². The average molecular weight is 429 g/mol. The van der Waals surface area contributed by atoms with Crippen LogP contribution in [0.5, 0.6) is 0 Å². The number of para-hydroxylation sites is 1. The molecule has 0 saturated heterocycles. The second-order valence-corrected chi connectivity index (χ2v) is 10.3. The number of anilines is 1. The molecule has 1 N–H and O–H groups in total. The van der Waals surface area contributed by atoms with E-state index in [1.807, 2.05) is 44.2 Å². The molecule has 2 aromatic carbocycles. The lowest BCUT2D eigenvalue weighted by atomic mass is 10.1. The number of aryl methyl sites for hydroxylation is 2. The van der Waals surface area contributed by atoms with E-state index in [1.165, 1.54) is 36.2 Å². The maximum absolute atomic E-state index is 12.6. The molecule has 1 fully saturated rings. The summed E-state index contributed by atoms with van der Waals surface area (Å²) in [6, 6.07) is 13.3. The fourth-order valence-corrected chi connectivity index (χ4v) is 5.18. The van der Waals surface area contributed by atoms with Crippen molar-refractivity contribution in [1.29, 1.82) is 0 Å². The first-order valence-electron chi connectivity index (χ1n) is 10.7. The molecule has 162 valence electrons. The normalized spacial score (nSPS) is 15.4. The van der Waals surface area contributed by atoms with Gasteiger partial charge in [-0.15, -0.1) is 0 Å². The van der Waals surface area contributed by atoms with Crippen LogP contribution in [0.3, 0.4) is 0 Å². The van der Waals surface area contributed by atoms with Crippen LogP contribution in [0.1, 0.15) is 65.6 Å². The van der Waals surface area contributed by atoms with Gasteiger partial charge in [0.05, 0.1) is 18.5 Å². The van der Waals surface area contributed by atoms with Gasteiger partial charge in [0.2, 0.25) is 10.0 Å². The fourth-order valence-electron chi connectivity index (χ4n) is 4.18. The maximum atomic E-state index is 12.6. The van der Waals surface area contributed by atoms with Crippen LogP contribution in [0.25, 0.3) is 0 Å². The first-order valence-corrected chi connectivity index (χ1v) is 12.5. The minimum absolute atomic E-state index is 0.0526. The van der Waals surface area contributed by atoms with Crippen molar-refractivity contribution in [2.24, 2.45) is 0 Å². The Labute approximate surface area is 180 Å². The third-order valence-corrected chi connectivity index (χ3v) is 6.93. The van der Waals surface area contributed by atoms with Crippen LogP contribution in [-0.2, 0) is 16.6 Å². The highest BCUT2D eigenvalue weighted by Gasteiger charge is 2.22. The first-order chi connectivity index (χ1) is 14.3. The van der Waals surface area contributed by atoms with Crippen LogP contribution in [0.2, 0.25) is 0 Å². The van der Waals surface area contributed by atoms with E-state index < -0.39 is 10.0 Å². The van der Waals surface area contributed by atoms with Crippen molar-refractivity contribution in [3.63, 3.8) is 0 Å². The van der Waals surface area contributed by atoms with Crippen molar-refractivity contribution in [1.82, 2.24) is 5.32 Å². The largest absolute Gasteiger partial charge is 0.349 e. The lowest BCUT2D eigenvalue weighted by Gasteiger charge is -2.26. The van der Waals surface area contributed by atoms with Crippen molar-refractivity contribution < 1.29 is 13.2 Å². The average Bonchev–Trinajstić information content (AvgIpc) is 2.95. The lowest BCUT2D eigenvalue weighted by molar-refractivity contribution is 0.0933. The second kappa shape index (κ2) is 9.65. The summed E-state index contributed by atoms with van der Waals surface area (Å²) in [5.41, 5.74) is 4.00. The van der Waals surface area contributed by atoms with E-state index in [9.17, 15) is 13.2 Å². The molecule has 0 unspecified atom stereocenters. The van der Waals surface area contributed by atoms with E-state index in [2.05, 4.69) is 5.32 Å². The van der Waals surface area contributed by atoms with E-state index in [1.54, 1.807) is 12.1 Å². The second-order valence-electron chi connectivity index (χ2n) is 8.37. The Bertz CT molecular complexity index is 956.